The normalized spacial score (nSPS) is 10.5. The van der Waals surface area contributed by atoms with Crippen molar-refractivity contribution in [3.63, 3.8) is 0 Å². The minimum Gasteiger partial charge on any atom is -0.316 e. The molecule has 0 fully saturated rings. The number of halogens is 2. The highest BCUT2D eigenvalue weighted by Crippen LogP contribution is 2.25. The Labute approximate surface area is 136 Å². The molecular formula is C14H10Cl2N4O2. The molecule has 6 nitrogen and oxygen atoms in total. The van der Waals surface area contributed by atoms with Crippen molar-refractivity contribution in [2.75, 3.05) is 5.32 Å². The van der Waals surface area contributed by atoms with Crippen LogP contribution in [0.15, 0.2) is 47.8 Å². The monoisotopic (exact) mass is 336 g/mol. The van der Waals surface area contributed by atoms with Crippen LogP contribution in [-0.2, 0) is 9.59 Å². The lowest BCUT2D eigenvalue weighted by Crippen LogP contribution is -2.32. The number of carbonyl (C=O) groups excluding carboxylic acids is 2. The quantitative estimate of drug-likeness (QED) is 0.513. The zero-order valence-corrected chi connectivity index (χ0v) is 12.6. The SMILES string of the molecule is O=C(NN=Cc1ccncc1)C(=O)Nc1cc(Cl)ccc1Cl. The van der Waals surface area contributed by atoms with E-state index < -0.39 is 11.8 Å². The largest absolute Gasteiger partial charge is 0.329 e. The number of pyridine rings is 1. The van der Waals surface area contributed by atoms with Gasteiger partial charge in [0, 0.05) is 17.4 Å². The average Bonchev–Trinajstić information content (AvgIpc) is 2.52. The van der Waals surface area contributed by atoms with E-state index in [1.165, 1.54) is 18.3 Å². The molecule has 1 aromatic heterocycles. The third-order valence-electron chi connectivity index (χ3n) is 2.47. The first-order valence-corrected chi connectivity index (χ1v) is 6.81. The van der Waals surface area contributed by atoms with Crippen LogP contribution in [0.25, 0.3) is 0 Å². The number of nitrogens with one attached hydrogen (secondary N) is 2. The molecule has 0 saturated carbocycles. The van der Waals surface area contributed by atoms with E-state index in [0.717, 1.165) is 5.56 Å². The van der Waals surface area contributed by atoms with E-state index in [-0.39, 0.29) is 10.7 Å². The number of rotatable bonds is 3. The summed E-state index contributed by atoms with van der Waals surface area (Å²) in [6.07, 6.45) is 4.55. The summed E-state index contributed by atoms with van der Waals surface area (Å²) in [5.74, 6) is -1.84. The predicted octanol–water partition coefficient (Wildman–Crippen LogP) is 2.48. The van der Waals surface area contributed by atoms with Crippen molar-refractivity contribution in [3.05, 3.63) is 58.3 Å². The smallest absolute Gasteiger partial charge is 0.316 e. The molecule has 2 rings (SSSR count). The standard InChI is InChI=1S/C14H10Cl2N4O2/c15-10-1-2-11(16)12(7-10)19-13(21)14(22)20-18-8-9-3-5-17-6-4-9/h1-8H,(H,19,21)(H,20,22). The number of hydrazone groups is 1. The van der Waals surface area contributed by atoms with Crippen LogP contribution in [0.2, 0.25) is 10.0 Å². The van der Waals surface area contributed by atoms with Gasteiger partial charge in [-0.3, -0.25) is 14.6 Å². The van der Waals surface area contributed by atoms with Gasteiger partial charge in [-0.1, -0.05) is 23.2 Å². The van der Waals surface area contributed by atoms with Crippen molar-refractivity contribution in [2.24, 2.45) is 5.10 Å². The van der Waals surface area contributed by atoms with E-state index in [0.29, 0.717) is 5.02 Å². The number of aromatic nitrogens is 1. The van der Waals surface area contributed by atoms with E-state index in [9.17, 15) is 9.59 Å². The van der Waals surface area contributed by atoms with Crippen LogP contribution >= 0.6 is 23.2 Å². The van der Waals surface area contributed by atoms with Gasteiger partial charge in [-0.05, 0) is 35.9 Å². The van der Waals surface area contributed by atoms with Crippen LogP contribution in [0, 0.1) is 0 Å². The van der Waals surface area contributed by atoms with Gasteiger partial charge in [0.25, 0.3) is 0 Å². The summed E-state index contributed by atoms with van der Waals surface area (Å²) in [6, 6.07) is 7.91. The first-order chi connectivity index (χ1) is 10.6. The number of amides is 2. The van der Waals surface area contributed by atoms with Gasteiger partial charge in [0.05, 0.1) is 16.9 Å². The molecule has 8 heteroatoms. The number of hydrogen-bond donors (Lipinski definition) is 2. The van der Waals surface area contributed by atoms with Crippen LogP contribution in [-0.4, -0.2) is 23.0 Å². The van der Waals surface area contributed by atoms with E-state index in [1.54, 1.807) is 30.6 Å². The molecule has 0 atom stereocenters. The molecule has 0 bridgehead atoms. The van der Waals surface area contributed by atoms with Crippen molar-refractivity contribution in [2.45, 2.75) is 0 Å². The average molecular weight is 337 g/mol. The molecule has 2 N–H and O–H groups in total. The molecule has 0 radical (unpaired) electrons. The second-order valence-electron chi connectivity index (χ2n) is 4.06. The lowest BCUT2D eigenvalue weighted by Gasteiger charge is -2.06. The molecule has 1 heterocycles. The summed E-state index contributed by atoms with van der Waals surface area (Å²) in [5, 5.41) is 6.67. The van der Waals surface area contributed by atoms with Crippen LogP contribution in [0.1, 0.15) is 5.56 Å². The van der Waals surface area contributed by atoms with Crippen molar-refractivity contribution in [1.29, 1.82) is 0 Å². The zero-order valence-electron chi connectivity index (χ0n) is 11.1. The van der Waals surface area contributed by atoms with Gasteiger partial charge in [-0.15, -0.1) is 0 Å². The lowest BCUT2D eigenvalue weighted by molar-refractivity contribution is -0.136. The molecule has 112 valence electrons. The zero-order chi connectivity index (χ0) is 15.9. The summed E-state index contributed by atoms with van der Waals surface area (Å²) in [6.45, 7) is 0. The first-order valence-electron chi connectivity index (χ1n) is 6.06. The number of anilines is 1. The minimum absolute atomic E-state index is 0.243. The second kappa shape index (κ2) is 7.53. The Morgan fingerprint density at radius 1 is 1.09 bits per heavy atom. The Hall–Kier alpha value is -2.44. The molecule has 0 unspecified atom stereocenters. The van der Waals surface area contributed by atoms with Crippen molar-refractivity contribution < 1.29 is 9.59 Å². The topological polar surface area (TPSA) is 83.5 Å². The Morgan fingerprint density at radius 3 is 2.55 bits per heavy atom. The van der Waals surface area contributed by atoms with Crippen molar-refractivity contribution >= 4 is 46.9 Å². The van der Waals surface area contributed by atoms with Gasteiger partial charge >= 0.3 is 11.8 Å². The molecule has 0 aliphatic heterocycles. The van der Waals surface area contributed by atoms with Crippen LogP contribution in [0.4, 0.5) is 5.69 Å². The minimum atomic E-state index is -0.929. The van der Waals surface area contributed by atoms with E-state index in [1.807, 2.05) is 0 Å². The van der Waals surface area contributed by atoms with Gasteiger partial charge in [-0.25, -0.2) is 5.43 Å². The molecule has 2 amide bonds. The fourth-order valence-electron chi connectivity index (χ4n) is 1.44. The van der Waals surface area contributed by atoms with Gasteiger partial charge in [0.2, 0.25) is 0 Å². The summed E-state index contributed by atoms with van der Waals surface area (Å²) in [7, 11) is 0. The molecule has 2 aromatic rings. The maximum atomic E-state index is 11.7. The maximum absolute atomic E-state index is 11.7. The van der Waals surface area contributed by atoms with Gasteiger partial charge in [0.15, 0.2) is 0 Å². The fraction of sp³-hybridized carbons (Fsp3) is 0. The molecular weight excluding hydrogens is 327 g/mol. The molecule has 0 saturated heterocycles. The summed E-state index contributed by atoms with van der Waals surface area (Å²) in [4.78, 5) is 27.2. The molecule has 0 aliphatic rings. The number of hydrogen-bond acceptors (Lipinski definition) is 4. The molecule has 0 aliphatic carbocycles. The summed E-state index contributed by atoms with van der Waals surface area (Å²) < 4.78 is 0. The Morgan fingerprint density at radius 2 is 1.82 bits per heavy atom. The number of nitrogens with zero attached hydrogens (tertiary/aromatic N) is 2. The third-order valence-corrected chi connectivity index (χ3v) is 3.03. The number of benzene rings is 1. The highest BCUT2D eigenvalue weighted by molar-refractivity contribution is 6.42. The van der Waals surface area contributed by atoms with E-state index in [4.69, 9.17) is 23.2 Å². The fourth-order valence-corrected chi connectivity index (χ4v) is 1.77. The Balaban J connectivity index is 1.94. The molecule has 22 heavy (non-hydrogen) atoms. The Bertz CT molecular complexity index is 720. The van der Waals surface area contributed by atoms with Gasteiger partial charge < -0.3 is 5.32 Å². The summed E-state index contributed by atoms with van der Waals surface area (Å²) in [5.41, 5.74) is 3.08. The van der Waals surface area contributed by atoms with Crippen molar-refractivity contribution in [3.8, 4) is 0 Å². The first kappa shape index (κ1) is 15.9. The second-order valence-corrected chi connectivity index (χ2v) is 4.90. The molecule has 0 spiro atoms. The van der Waals surface area contributed by atoms with Crippen LogP contribution < -0.4 is 10.7 Å². The molecule has 1 aromatic carbocycles. The maximum Gasteiger partial charge on any atom is 0.329 e. The van der Waals surface area contributed by atoms with Gasteiger partial charge in [-0.2, -0.15) is 5.10 Å². The Kier molecular flexibility index (Phi) is 5.46. The van der Waals surface area contributed by atoms with E-state index in [2.05, 4.69) is 20.8 Å². The van der Waals surface area contributed by atoms with Crippen molar-refractivity contribution in [1.82, 2.24) is 10.4 Å². The number of carbonyl (C=O) groups is 2. The van der Waals surface area contributed by atoms with Crippen LogP contribution in [0.5, 0.6) is 0 Å². The van der Waals surface area contributed by atoms with Gasteiger partial charge in [0.1, 0.15) is 0 Å². The summed E-state index contributed by atoms with van der Waals surface area (Å²) >= 11 is 11.7. The highest BCUT2D eigenvalue weighted by atomic mass is 35.5. The van der Waals surface area contributed by atoms with Crippen LogP contribution in [0.3, 0.4) is 0 Å². The third kappa shape index (κ3) is 4.54. The highest BCUT2D eigenvalue weighted by Gasteiger charge is 2.14. The lowest BCUT2D eigenvalue weighted by atomic mass is 10.3. The predicted molar refractivity (Wildman–Crippen MR) is 85.1 cm³/mol. The van der Waals surface area contributed by atoms with E-state index >= 15 is 0 Å².